The molecule has 0 aromatic carbocycles. The molecule has 11 heavy (non-hydrogen) atoms. The first-order chi connectivity index (χ1) is 5.36. The second-order valence-electron chi connectivity index (χ2n) is 2.64. The third-order valence-electron chi connectivity index (χ3n) is 1.88. The molecule has 0 unspecified atom stereocenters. The minimum atomic E-state index is -0.623. The zero-order valence-corrected chi connectivity index (χ0v) is 8.07. The van der Waals surface area contributed by atoms with Gasteiger partial charge in [0.1, 0.15) is 0 Å². The third-order valence-corrected chi connectivity index (χ3v) is 7.49. The van der Waals surface area contributed by atoms with Gasteiger partial charge in [-0.05, 0) is 0 Å². The van der Waals surface area contributed by atoms with Gasteiger partial charge in [0, 0.05) is 0 Å². The zero-order chi connectivity index (χ0) is 7.68. The van der Waals surface area contributed by atoms with Crippen LogP contribution in [0.5, 0.6) is 0 Å². The normalized spacial score (nSPS) is 17.8. The van der Waals surface area contributed by atoms with Crippen molar-refractivity contribution in [3.05, 3.63) is 12.4 Å². The Labute approximate surface area is 70.3 Å². The fraction of sp³-hybridized carbons (Fsp3) is 0.429. The molecule has 1 saturated heterocycles. The molecule has 1 aromatic heterocycles. The molecule has 1 aliphatic rings. The van der Waals surface area contributed by atoms with Gasteiger partial charge >= 0.3 is 69.9 Å². The topological polar surface area (TPSA) is 51.8 Å². The van der Waals surface area contributed by atoms with E-state index < -0.39 is 14.7 Å². The second-order valence-corrected chi connectivity index (χ2v) is 7.87. The summed E-state index contributed by atoms with van der Waals surface area (Å²) in [6.45, 7) is 0. The van der Waals surface area contributed by atoms with Crippen molar-refractivity contribution >= 4 is 25.0 Å². The Morgan fingerprint density at radius 3 is 2.36 bits per heavy atom. The van der Waals surface area contributed by atoms with Crippen molar-refractivity contribution < 1.29 is 0 Å². The van der Waals surface area contributed by atoms with Crippen molar-refractivity contribution in [2.75, 3.05) is 5.73 Å². The molecule has 0 radical (unpaired) electrons. The van der Waals surface area contributed by atoms with Crippen LogP contribution < -0.4 is 10.1 Å². The Hall–Kier alpha value is -0.562. The van der Waals surface area contributed by atoms with Crippen molar-refractivity contribution in [3.63, 3.8) is 0 Å². The predicted octanol–water partition coefficient (Wildman–Crippen LogP) is 0.164. The van der Waals surface area contributed by atoms with Gasteiger partial charge in [0.25, 0.3) is 0 Å². The van der Waals surface area contributed by atoms with Crippen LogP contribution in [0.2, 0.25) is 10.4 Å². The van der Waals surface area contributed by atoms with Crippen molar-refractivity contribution in [2.24, 2.45) is 0 Å². The van der Waals surface area contributed by atoms with Gasteiger partial charge in [0.05, 0.1) is 0 Å². The molecule has 58 valence electrons. The quantitative estimate of drug-likeness (QED) is 0.673. The fourth-order valence-electron chi connectivity index (χ4n) is 1.07. The molecule has 0 spiro atoms. The number of nitrogens with zero attached hydrogens (tertiary/aromatic N) is 2. The average molecular weight is 211 g/mol. The number of rotatable bonds is 1. The van der Waals surface area contributed by atoms with Crippen LogP contribution in [0.15, 0.2) is 12.4 Å². The van der Waals surface area contributed by atoms with Crippen LogP contribution in [-0.4, -0.2) is 24.6 Å². The number of anilines is 1. The van der Waals surface area contributed by atoms with Crippen LogP contribution in [0.4, 0.5) is 5.95 Å². The molecule has 3 nitrogen and oxygen atoms in total. The molecular weight excluding hydrogens is 201 g/mol. The maximum absolute atomic E-state index is 5.38. The number of aromatic nitrogens is 2. The van der Waals surface area contributed by atoms with Gasteiger partial charge < -0.3 is 0 Å². The molecule has 0 amide bonds. The summed E-state index contributed by atoms with van der Waals surface area (Å²) in [5.74, 6) is 0.392. The van der Waals surface area contributed by atoms with Crippen LogP contribution in [0, 0.1) is 0 Å². The molecule has 0 bridgehead atoms. The summed E-state index contributed by atoms with van der Waals surface area (Å²) < 4.78 is 1.39. The first-order valence-electron chi connectivity index (χ1n) is 3.69. The van der Waals surface area contributed by atoms with Gasteiger partial charge in [-0.3, -0.25) is 0 Å². The average Bonchev–Trinajstić information content (AvgIpc) is 1.90. The van der Waals surface area contributed by atoms with Crippen molar-refractivity contribution in [2.45, 2.75) is 16.8 Å². The van der Waals surface area contributed by atoms with E-state index in [1.54, 1.807) is 0 Å². The Balaban J connectivity index is 2.18. The number of nitrogens with two attached hydrogens (primary N) is 1. The number of hydrogen-bond acceptors (Lipinski definition) is 3. The molecule has 2 rings (SSSR count). The van der Waals surface area contributed by atoms with Crippen LogP contribution >= 0.6 is 0 Å². The van der Waals surface area contributed by atoms with Crippen LogP contribution in [0.1, 0.15) is 6.42 Å². The molecule has 4 heteroatoms. The molecule has 1 aromatic rings. The summed E-state index contributed by atoms with van der Waals surface area (Å²) in [6, 6.07) is 0. The van der Waals surface area contributed by atoms with E-state index in [1.807, 2.05) is 12.4 Å². The molecule has 2 N–H and O–H groups in total. The monoisotopic (exact) mass is 211 g/mol. The van der Waals surface area contributed by atoms with E-state index in [1.165, 1.54) is 21.2 Å². The summed E-state index contributed by atoms with van der Waals surface area (Å²) in [6.07, 6.45) is 5.22. The van der Waals surface area contributed by atoms with Gasteiger partial charge in [-0.2, -0.15) is 0 Å². The first-order valence-corrected chi connectivity index (χ1v) is 7.28. The standard InChI is InChI=1S/C7H10AsN3/c9-7-10-4-6(5-11-7)8-2-1-3-8/h4-5H,1-3H2,(H2,9,10,11). The van der Waals surface area contributed by atoms with Crippen LogP contribution in [0.25, 0.3) is 0 Å². The summed E-state index contributed by atoms with van der Waals surface area (Å²) in [7, 11) is 0. The Morgan fingerprint density at radius 1 is 1.27 bits per heavy atom. The van der Waals surface area contributed by atoms with Gasteiger partial charge in [0.15, 0.2) is 0 Å². The minimum absolute atomic E-state index is 0.392. The van der Waals surface area contributed by atoms with E-state index >= 15 is 0 Å². The van der Waals surface area contributed by atoms with Gasteiger partial charge in [-0.1, -0.05) is 0 Å². The van der Waals surface area contributed by atoms with E-state index in [9.17, 15) is 0 Å². The first kappa shape index (κ1) is 7.11. The van der Waals surface area contributed by atoms with E-state index in [-0.39, 0.29) is 0 Å². The molecule has 1 aliphatic heterocycles. The summed E-state index contributed by atoms with van der Waals surface area (Å²) in [5.41, 5.74) is 5.38. The zero-order valence-electron chi connectivity index (χ0n) is 6.20. The van der Waals surface area contributed by atoms with E-state index in [4.69, 9.17) is 5.73 Å². The predicted molar refractivity (Wildman–Crippen MR) is 46.1 cm³/mol. The molecule has 0 aliphatic carbocycles. The molecule has 2 heterocycles. The Kier molecular flexibility index (Phi) is 1.82. The molecule has 0 atom stereocenters. The van der Waals surface area contributed by atoms with Crippen molar-refractivity contribution in [3.8, 4) is 0 Å². The van der Waals surface area contributed by atoms with Crippen LogP contribution in [-0.2, 0) is 0 Å². The summed E-state index contributed by atoms with van der Waals surface area (Å²) in [5, 5.41) is 2.86. The molecular formula is C7H10AsN3. The van der Waals surface area contributed by atoms with Crippen molar-refractivity contribution in [1.29, 1.82) is 0 Å². The maximum atomic E-state index is 5.38. The Morgan fingerprint density at radius 2 is 1.91 bits per heavy atom. The van der Waals surface area contributed by atoms with Crippen LogP contribution in [0.3, 0.4) is 0 Å². The van der Waals surface area contributed by atoms with E-state index in [2.05, 4.69) is 9.97 Å². The Bertz CT molecular complexity index is 242. The van der Waals surface area contributed by atoms with Gasteiger partial charge in [-0.15, -0.1) is 0 Å². The summed E-state index contributed by atoms with van der Waals surface area (Å²) >= 11 is -0.623. The number of nitrogen functional groups attached to an aromatic ring is 1. The second kappa shape index (κ2) is 2.82. The molecule has 1 fully saturated rings. The van der Waals surface area contributed by atoms with E-state index in [0.717, 1.165) is 0 Å². The summed E-state index contributed by atoms with van der Waals surface area (Å²) in [4.78, 5) is 7.97. The van der Waals surface area contributed by atoms with E-state index in [0.29, 0.717) is 5.95 Å². The fourth-order valence-corrected chi connectivity index (χ4v) is 4.41. The van der Waals surface area contributed by atoms with Gasteiger partial charge in [0.2, 0.25) is 0 Å². The van der Waals surface area contributed by atoms with Crippen molar-refractivity contribution in [1.82, 2.24) is 9.97 Å². The van der Waals surface area contributed by atoms with Gasteiger partial charge in [-0.25, -0.2) is 0 Å². The SMILES string of the molecule is Nc1ncc([As]2CCC2)cn1. The third kappa shape index (κ3) is 1.38. The molecule has 0 saturated carbocycles. The number of hydrogen-bond donors (Lipinski definition) is 1.